The van der Waals surface area contributed by atoms with Crippen LogP contribution >= 0.6 is 0 Å². The normalized spacial score (nSPS) is 19.8. The van der Waals surface area contributed by atoms with Crippen LogP contribution in [0.5, 0.6) is 5.75 Å². The van der Waals surface area contributed by atoms with Gasteiger partial charge in [-0.15, -0.1) is 0 Å². The Morgan fingerprint density at radius 1 is 1.19 bits per heavy atom. The van der Waals surface area contributed by atoms with Gasteiger partial charge in [0.15, 0.2) is 5.60 Å². The number of benzene rings is 1. The Labute approximate surface area is 150 Å². The van der Waals surface area contributed by atoms with Crippen LogP contribution in [0.3, 0.4) is 0 Å². The minimum Gasteiger partial charge on any atom is -0.496 e. The van der Waals surface area contributed by atoms with Gasteiger partial charge in [-0.25, -0.2) is 4.39 Å². The van der Waals surface area contributed by atoms with E-state index in [0.29, 0.717) is 0 Å². The van der Waals surface area contributed by atoms with Crippen molar-refractivity contribution in [2.24, 2.45) is 0 Å². The summed E-state index contributed by atoms with van der Waals surface area (Å²) in [5.41, 5.74) is -3.87. The third-order valence-corrected chi connectivity index (χ3v) is 4.57. The maximum atomic E-state index is 13.7. The monoisotopic (exact) mass is 373 g/mol. The van der Waals surface area contributed by atoms with Crippen molar-refractivity contribution in [2.45, 2.75) is 49.9 Å². The first kappa shape index (κ1) is 20.3. The van der Waals surface area contributed by atoms with E-state index in [-0.39, 0.29) is 11.3 Å². The predicted molar refractivity (Wildman–Crippen MR) is 91.4 cm³/mol. The molecular weight excluding hydrogens is 350 g/mol. The highest BCUT2D eigenvalue weighted by Gasteiger charge is 2.56. The van der Waals surface area contributed by atoms with Crippen LogP contribution in [0.1, 0.15) is 32.3 Å². The molecule has 1 aromatic rings. The van der Waals surface area contributed by atoms with E-state index in [1.807, 2.05) is 0 Å². The second kappa shape index (κ2) is 7.31. The van der Waals surface area contributed by atoms with Crippen molar-refractivity contribution in [1.82, 2.24) is 5.32 Å². The fraction of sp³-hybridized carbons (Fsp3) is 0.474. The average molecular weight is 373 g/mol. The Bertz CT molecular complexity index is 697. The Morgan fingerprint density at radius 2 is 1.88 bits per heavy atom. The number of dihydropyridines is 1. The predicted octanol–water partition coefficient (Wildman–Crippen LogP) is 4.23. The van der Waals surface area contributed by atoms with Gasteiger partial charge in [0.25, 0.3) is 0 Å². The number of methoxy groups -OCH3 is 1. The highest BCUT2D eigenvalue weighted by molar-refractivity contribution is 5.39. The largest absolute Gasteiger partial charge is 0.496 e. The molecule has 26 heavy (non-hydrogen) atoms. The molecule has 1 aromatic carbocycles. The molecule has 3 nitrogen and oxygen atoms in total. The molecule has 0 saturated carbocycles. The summed E-state index contributed by atoms with van der Waals surface area (Å²) in [6, 6.07) is 3.04. The summed E-state index contributed by atoms with van der Waals surface area (Å²) < 4.78 is 60.1. The maximum Gasteiger partial charge on any atom is 0.417 e. The molecule has 0 aliphatic carbocycles. The maximum absolute atomic E-state index is 13.7. The molecule has 0 bridgehead atoms. The van der Waals surface area contributed by atoms with Gasteiger partial charge in [-0.1, -0.05) is 26.0 Å². The van der Waals surface area contributed by atoms with Crippen molar-refractivity contribution >= 4 is 0 Å². The summed E-state index contributed by atoms with van der Waals surface area (Å²) in [7, 11) is 1.37. The molecule has 1 heterocycles. The number of aliphatic hydroxyl groups is 1. The molecule has 2 atom stereocenters. The van der Waals surface area contributed by atoms with Gasteiger partial charge in [-0.3, -0.25) is 0 Å². The van der Waals surface area contributed by atoms with E-state index in [9.17, 15) is 22.7 Å². The third-order valence-electron chi connectivity index (χ3n) is 4.57. The lowest BCUT2D eigenvalue weighted by atomic mass is 9.72. The standard InChI is InChI=1S/C19H23F4NO2/c1-17(2,15-10-13(20)7-8-16(15)26-3)12-18(25,19(21,22)23)11-14-6-4-5-9-24-14/h4-10,14,24-25H,11-12H2,1-3H3. The summed E-state index contributed by atoms with van der Waals surface area (Å²) in [5, 5.41) is 13.4. The molecule has 2 rings (SSSR count). The third kappa shape index (κ3) is 4.38. The number of halogens is 4. The van der Waals surface area contributed by atoms with Gasteiger partial charge >= 0.3 is 6.18 Å². The second-order valence-corrected chi connectivity index (χ2v) is 7.16. The average Bonchev–Trinajstić information content (AvgIpc) is 2.54. The molecule has 0 fully saturated rings. The second-order valence-electron chi connectivity index (χ2n) is 7.16. The van der Waals surface area contributed by atoms with E-state index >= 15 is 0 Å². The first-order valence-corrected chi connectivity index (χ1v) is 8.21. The number of nitrogens with one attached hydrogen (secondary N) is 1. The van der Waals surface area contributed by atoms with E-state index in [0.717, 1.165) is 6.07 Å². The van der Waals surface area contributed by atoms with E-state index < -0.39 is 41.9 Å². The molecule has 2 N–H and O–H groups in total. The van der Waals surface area contributed by atoms with Crippen molar-refractivity contribution in [1.29, 1.82) is 0 Å². The first-order valence-electron chi connectivity index (χ1n) is 8.21. The fourth-order valence-corrected chi connectivity index (χ4v) is 3.30. The van der Waals surface area contributed by atoms with Crippen molar-refractivity contribution in [2.75, 3.05) is 7.11 Å². The van der Waals surface area contributed by atoms with Gasteiger partial charge in [0, 0.05) is 18.0 Å². The van der Waals surface area contributed by atoms with Crippen molar-refractivity contribution in [3.05, 3.63) is 54.0 Å². The summed E-state index contributed by atoms with van der Waals surface area (Å²) in [6.07, 6.45) is 0.330. The Balaban J connectivity index is 2.36. The Morgan fingerprint density at radius 3 is 2.42 bits per heavy atom. The van der Waals surface area contributed by atoms with Gasteiger partial charge in [-0.2, -0.15) is 13.2 Å². The van der Waals surface area contributed by atoms with Crippen LogP contribution in [-0.2, 0) is 5.41 Å². The zero-order chi connectivity index (χ0) is 19.6. The quantitative estimate of drug-likeness (QED) is 0.734. The molecular formula is C19H23F4NO2. The zero-order valence-electron chi connectivity index (χ0n) is 14.9. The van der Waals surface area contributed by atoms with Crippen LogP contribution in [0.2, 0.25) is 0 Å². The fourth-order valence-electron chi connectivity index (χ4n) is 3.30. The lowest BCUT2D eigenvalue weighted by molar-refractivity contribution is -0.270. The van der Waals surface area contributed by atoms with E-state index in [1.165, 1.54) is 39.3 Å². The summed E-state index contributed by atoms with van der Waals surface area (Å²) in [5.74, 6) is -0.300. The van der Waals surface area contributed by atoms with Gasteiger partial charge < -0.3 is 15.2 Å². The van der Waals surface area contributed by atoms with E-state index in [1.54, 1.807) is 18.2 Å². The molecule has 0 aromatic heterocycles. The molecule has 0 amide bonds. The number of hydrogen-bond donors (Lipinski definition) is 2. The van der Waals surface area contributed by atoms with Gasteiger partial charge in [0.05, 0.1) is 7.11 Å². The summed E-state index contributed by atoms with van der Waals surface area (Å²) in [4.78, 5) is 0. The lowest BCUT2D eigenvalue weighted by Crippen LogP contribution is -2.52. The van der Waals surface area contributed by atoms with Crippen molar-refractivity contribution in [3.63, 3.8) is 0 Å². The SMILES string of the molecule is COc1ccc(F)cc1C(C)(C)CC(O)(CC1C=CC=CN1)C(F)(F)F. The Hall–Kier alpha value is -2.02. The number of hydrogen-bond acceptors (Lipinski definition) is 3. The molecule has 1 aliphatic rings. The molecule has 0 spiro atoms. The van der Waals surface area contributed by atoms with Gasteiger partial charge in [0.1, 0.15) is 11.6 Å². The van der Waals surface area contributed by atoms with Gasteiger partial charge in [0.2, 0.25) is 0 Å². The summed E-state index contributed by atoms with van der Waals surface area (Å²) >= 11 is 0. The molecule has 144 valence electrons. The number of alkyl halides is 3. The molecule has 7 heteroatoms. The molecule has 0 radical (unpaired) electrons. The highest BCUT2D eigenvalue weighted by Crippen LogP contribution is 2.45. The van der Waals surface area contributed by atoms with Gasteiger partial charge in [-0.05, 0) is 42.3 Å². The minimum absolute atomic E-state index is 0.273. The lowest BCUT2D eigenvalue weighted by Gasteiger charge is -2.40. The molecule has 1 aliphatic heterocycles. The molecule has 0 saturated heterocycles. The van der Waals surface area contributed by atoms with Crippen molar-refractivity contribution < 1.29 is 27.4 Å². The van der Waals surface area contributed by atoms with E-state index in [4.69, 9.17) is 4.74 Å². The number of allylic oxidation sites excluding steroid dienone is 2. The zero-order valence-corrected chi connectivity index (χ0v) is 14.9. The summed E-state index contributed by atoms with van der Waals surface area (Å²) in [6.45, 7) is 3.07. The molecule has 2 unspecified atom stereocenters. The van der Waals surface area contributed by atoms with Crippen molar-refractivity contribution in [3.8, 4) is 5.75 Å². The smallest absolute Gasteiger partial charge is 0.417 e. The van der Waals surface area contributed by atoms with Crippen LogP contribution in [0.15, 0.2) is 42.6 Å². The Kier molecular flexibility index (Phi) is 5.70. The first-order chi connectivity index (χ1) is 12.0. The minimum atomic E-state index is -4.85. The van der Waals surface area contributed by atoms with Crippen LogP contribution in [0.4, 0.5) is 17.6 Å². The van der Waals surface area contributed by atoms with Crippen LogP contribution < -0.4 is 10.1 Å². The highest BCUT2D eigenvalue weighted by atomic mass is 19.4. The van der Waals surface area contributed by atoms with Crippen LogP contribution in [0, 0.1) is 5.82 Å². The van der Waals surface area contributed by atoms with Crippen LogP contribution in [-0.4, -0.2) is 30.0 Å². The number of ether oxygens (including phenoxy) is 1. The van der Waals surface area contributed by atoms with E-state index in [2.05, 4.69) is 5.32 Å². The number of rotatable bonds is 6. The topological polar surface area (TPSA) is 41.5 Å². The van der Waals surface area contributed by atoms with Crippen LogP contribution in [0.25, 0.3) is 0 Å².